The summed E-state index contributed by atoms with van der Waals surface area (Å²) in [5.41, 5.74) is 1.06. The van der Waals surface area contributed by atoms with Crippen molar-refractivity contribution in [2.75, 3.05) is 25.2 Å². The van der Waals surface area contributed by atoms with Crippen molar-refractivity contribution in [3.8, 4) is 5.75 Å². The summed E-state index contributed by atoms with van der Waals surface area (Å²) < 4.78 is 5.21. The summed E-state index contributed by atoms with van der Waals surface area (Å²) in [5.74, 6) is 3.06. The quantitative estimate of drug-likeness (QED) is 0.870. The third-order valence-electron chi connectivity index (χ3n) is 3.40. The number of hydrogen-bond donors (Lipinski definition) is 2. The largest absolute Gasteiger partial charge is 0.497 e. The van der Waals surface area contributed by atoms with Gasteiger partial charge in [0.15, 0.2) is 0 Å². The van der Waals surface area contributed by atoms with Crippen molar-refractivity contribution in [2.24, 2.45) is 0 Å². The monoisotopic (exact) mass is 330 g/mol. The highest BCUT2D eigenvalue weighted by molar-refractivity contribution is 7.99. The Bertz CT molecular complexity index is 453. The molecule has 2 N–H and O–H groups in total. The van der Waals surface area contributed by atoms with Crippen molar-refractivity contribution in [3.63, 3.8) is 0 Å². The van der Waals surface area contributed by atoms with Gasteiger partial charge in [-0.15, -0.1) is 12.4 Å². The first-order chi connectivity index (χ1) is 9.69. The van der Waals surface area contributed by atoms with Crippen molar-refractivity contribution in [2.45, 2.75) is 25.4 Å². The summed E-state index contributed by atoms with van der Waals surface area (Å²) in [7, 11) is 1.65. The van der Waals surface area contributed by atoms with Crippen molar-refractivity contribution in [1.82, 2.24) is 10.6 Å². The summed E-state index contributed by atoms with van der Waals surface area (Å²) in [6.45, 7) is 2.99. The van der Waals surface area contributed by atoms with Crippen molar-refractivity contribution < 1.29 is 9.53 Å². The molecule has 0 radical (unpaired) electrons. The van der Waals surface area contributed by atoms with Gasteiger partial charge in [-0.2, -0.15) is 11.8 Å². The van der Waals surface area contributed by atoms with Crippen LogP contribution in [0.25, 0.3) is 0 Å². The number of nitrogens with one attached hydrogen (secondary N) is 2. The number of hydrogen-bond acceptors (Lipinski definition) is 4. The molecule has 1 heterocycles. The highest BCUT2D eigenvalue weighted by Crippen LogP contribution is 2.19. The molecule has 0 spiro atoms. The molecule has 4 nitrogen and oxygen atoms in total. The van der Waals surface area contributed by atoms with Crippen LogP contribution in [0.5, 0.6) is 5.75 Å². The number of rotatable bonds is 5. The Kier molecular flexibility index (Phi) is 7.93. The molecular weight excluding hydrogens is 308 g/mol. The third-order valence-corrected chi connectivity index (χ3v) is 4.53. The van der Waals surface area contributed by atoms with E-state index in [1.54, 1.807) is 7.11 Å². The van der Waals surface area contributed by atoms with Crippen molar-refractivity contribution in [3.05, 3.63) is 29.8 Å². The summed E-state index contributed by atoms with van der Waals surface area (Å²) in [6, 6.07) is 8.10. The van der Waals surface area contributed by atoms with Crippen LogP contribution in [0.2, 0.25) is 0 Å². The molecule has 0 bridgehead atoms. The second kappa shape index (κ2) is 9.18. The maximum Gasteiger partial charge on any atom is 0.222 e. The first-order valence-corrected chi connectivity index (χ1v) is 8.09. The van der Waals surface area contributed by atoms with Gasteiger partial charge >= 0.3 is 0 Å². The predicted molar refractivity (Wildman–Crippen MR) is 90.5 cm³/mol. The minimum absolute atomic E-state index is 0. The molecule has 0 saturated carbocycles. The van der Waals surface area contributed by atoms with E-state index in [0.29, 0.717) is 12.5 Å². The number of carbonyl (C=O) groups excluding carboxylic acids is 1. The molecule has 1 aliphatic rings. The van der Waals surface area contributed by atoms with Crippen LogP contribution in [0.15, 0.2) is 24.3 Å². The van der Waals surface area contributed by atoms with E-state index in [2.05, 4.69) is 10.6 Å². The molecule has 1 amide bonds. The Labute approximate surface area is 136 Å². The zero-order valence-electron chi connectivity index (χ0n) is 12.4. The molecule has 6 heteroatoms. The smallest absolute Gasteiger partial charge is 0.222 e. The first kappa shape index (κ1) is 18.1. The van der Waals surface area contributed by atoms with Crippen LogP contribution >= 0.6 is 24.2 Å². The Morgan fingerprint density at radius 2 is 2.38 bits per heavy atom. The summed E-state index contributed by atoms with van der Waals surface area (Å²) in [5, 5.41) is 6.43. The van der Waals surface area contributed by atoms with Gasteiger partial charge in [-0.25, -0.2) is 0 Å². The lowest BCUT2D eigenvalue weighted by atomic mass is 10.1. The van der Waals surface area contributed by atoms with E-state index < -0.39 is 0 Å². The van der Waals surface area contributed by atoms with E-state index in [-0.39, 0.29) is 24.4 Å². The number of methoxy groups -OCH3 is 1. The Morgan fingerprint density at radius 3 is 3.05 bits per heavy atom. The molecule has 2 atom stereocenters. The average molecular weight is 331 g/mol. The summed E-state index contributed by atoms with van der Waals surface area (Å²) in [6.07, 6.45) is 0.543. The summed E-state index contributed by atoms with van der Waals surface area (Å²) >= 11 is 1.91. The third kappa shape index (κ3) is 5.77. The van der Waals surface area contributed by atoms with Crippen molar-refractivity contribution in [1.29, 1.82) is 0 Å². The second-order valence-corrected chi connectivity index (χ2v) is 6.15. The Morgan fingerprint density at radius 1 is 1.57 bits per heavy atom. The Balaban J connectivity index is 0.00000220. The predicted octanol–water partition coefficient (Wildman–Crippen LogP) is 2.39. The molecule has 1 fully saturated rings. The maximum absolute atomic E-state index is 12.1. The van der Waals surface area contributed by atoms with Crippen LogP contribution in [-0.4, -0.2) is 37.1 Å². The van der Waals surface area contributed by atoms with Gasteiger partial charge in [0, 0.05) is 30.5 Å². The fourth-order valence-corrected chi connectivity index (χ4v) is 3.22. The fourth-order valence-electron chi connectivity index (χ4n) is 2.27. The molecule has 0 aliphatic carbocycles. The van der Waals surface area contributed by atoms with Crippen LogP contribution in [0.3, 0.4) is 0 Å². The lowest BCUT2D eigenvalue weighted by molar-refractivity contribution is -0.122. The van der Waals surface area contributed by atoms with E-state index >= 15 is 0 Å². The van der Waals surface area contributed by atoms with Crippen LogP contribution in [-0.2, 0) is 4.79 Å². The lowest BCUT2D eigenvalue weighted by Gasteiger charge is -2.23. The van der Waals surface area contributed by atoms with Crippen LogP contribution < -0.4 is 15.4 Å². The minimum Gasteiger partial charge on any atom is -0.497 e. The second-order valence-electron chi connectivity index (χ2n) is 5.00. The first-order valence-electron chi connectivity index (χ1n) is 6.93. The van der Waals surface area contributed by atoms with E-state index in [0.717, 1.165) is 29.4 Å². The van der Waals surface area contributed by atoms with Gasteiger partial charge in [0.1, 0.15) is 5.75 Å². The highest BCUT2D eigenvalue weighted by Gasteiger charge is 2.18. The molecular formula is C15H23ClN2O2S. The highest BCUT2D eigenvalue weighted by atomic mass is 35.5. The van der Waals surface area contributed by atoms with Gasteiger partial charge in [0.2, 0.25) is 5.91 Å². The number of amides is 1. The maximum atomic E-state index is 12.1. The number of halogens is 1. The lowest BCUT2D eigenvalue weighted by Crippen LogP contribution is -2.41. The topological polar surface area (TPSA) is 50.4 Å². The number of ether oxygens (including phenoxy) is 1. The van der Waals surface area contributed by atoms with E-state index in [1.807, 2.05) is 43.0 Å². The molecule has 2 unspecified atom stereocenters. The molecule has 0 aromatic heterocycles. The zero-order chi connectivity index (χ0) is 14.4. The van der Waals surface area contributed by atoms with E-state index in [4.69, 9.17) is 4.74 Å². The standard InChI is InChI=1S/C15H22N2O2S.ClH/c1-11(12-4-3-5-14(8-12)19-2)17-15(18)9-13-10-20-7-6-16-13;/h3-5,8,11,13,16H,6-7,9-10H2,1-2H3,(H,17,18);1H. The van der Waals surface area contributed by atoms with Gasteiger partial charge in [0.25, 0.3) is 0 Å². The summed E-state index contributed by atoms with van der Waals surface area (Å²) in [4.78, 5) is 12.1. The van der Waals surface area contributed by atoms with Gasteiger partial charge in [-0.05, 0) is 24.6 Å². The number of benzene rings is 1. The molecule has 1 saturated heterocycles. The molecule has 1 aromatic rings. The molecule has 2 rings (SSSR count). The van der Waals surface area contributed by atoms with Gasteiger partial charge < -0.3 is 15.4 Å². The normalized spacial score (nSPS) is 19.2. The number of thioether (sulfide) groups is 1. The van der Waals surface area contributed by atoms with Gasteiger partial charge in [-0.1, -0.05) is 12.1 Å². The zero-order valence-corrected chi connectivity index (χ0v) is 14.1. The van der Waals surface area contributed by atoms with Crippen molar-refractivity contribution >= 4 is 30.1 Å². The van der Waals surface area contributed by atoms with Gasteiger partial charge in [0.05, 0.1) is 13.2 Å². The van der Waals surface area contributed by atoms with Crippen LogP contribution in [0.1, 0.15) is 24.9 Å². The van der Waals surface area contributed by atoms with Crippen LogP contribution in [0, 0.1) is 0 Å². The average Bonchev–Trinajstić information content (AvgIpc) is 2.48. The van der Waals surface area contributed by atoms with E-state index in [1.165, 1.54) is 0 Å². The Hall–Kier alpha value is -0.910. The molecule has 118 valence electrons. The number of carbonyl (C=O) groups is 1. The minimum atomic E-state index is -0.00570. The molecule has 1 aliphatic heterocycles. The molecule has 1 aromatic carbocycles. The fraction of sp³-hybridized carbons (Fsp3) is 0.533. The van der Waals surface area contributed by atoms with E-state index in [9.17, 15) is 4.79 Å². The van der Waals surface area contributed by atoms with Crippen LogP contribution in [0.4, 0.5) is 0 Å². The SMILES string of the molecule is COc1cccc(C(C)NC(=O)CC2CSCCN2)c1.Cl. The van der Waals surface area contributed by atoms with Gasteiger partial charge in [-0.3, -0.25) is 4.79 Å². The molecule has 21 heavy (non-hydrogen) atoms.